The van der Waals surface area contributed by atoms with Crippen molar-refractivity contribution in [3.8, 4) is 0 Å². The average molecular weight is 438 g/mol. The fraction of sp³-hybridized carbons (Fsp3) is 0.500. The number of rotatable bonds is 11. The van der Waals surface area contributed by atoms with Crippen molar-refractivity contribution in [1.29, 1.82) is 0 Å². The predicted molar refractivity (Wildman–Crippen MR) is 109 cm³/mol. The normalized spacial score (nSPS) is 16.3. The Morgan fingerprint density at radius 1 is 1.17 bits per heavy atom. The molecule has 0 saturated heterocycles. The first-order valence-corrected chi connectivity index (χ1v) is 11.7. The molecule has 9 nitrogen and oxygen atoms in total. The van der Waals surface area contributed by atoms with Crippen LogP contribution in [-0.2, 0) is 18.7 Å². The molecule has 1 aromatic carbocycles. The number of hydrogen-bond acceptors (Lipinski definition) is 6. The second-order valence-corrected chi connectivity index (χ2v) is 10.1. The molecule has 0 fully saturated rings. The lowest BCUT2D eigenvalue weighted by Crippen LogP contribution is -2.41. The highest BCUT2D eigenvalue weighted by Gasteiger charge is 2.37. The van der Waals surface area contributed by atoms with Gasteiger partial charge in [-0.25, -0.2) is 0 Å². The Morgan fingerprint density at radius 3 is 2.20 bits per heavy atom. The molecule has 3 amide bonds. The molecule has 164 valence electrons. The van der Waals surface area contributed by atoms with Gasteiger partial charge in [-0.3, -0.25) is 28.6 Å². The van der Waals surface area contributed by atoms with Crippen molar-refractivity contribution in [3.05, 3.63) is 35.4 Å². The van der Waals surface area contributed by atoms with Crippen LogP contribution in [0.5, 0.6) is 0 Å². The molecule has 1 aliphatic heterocycles. The van der Waals surface area contributed by atoms with E-state index in [-0.39, 0.29) is 36.1 Å². The summed E-state index contributed by atoms with van der Waals surface area (Å²) in [6, 6.07) is 6.28. The number of aliphatic carboxylic acids is 1. The topological polar surface area (TPSA) is 130 Å². The maximum atomic E-state index is 13.1. The van der Waals surface area contributed by atoms with Crippen molar-refractivity contribution in [3.63, 3.8) is 0 Å². The zero-order chi connectivity index (χ0) is 22.5. The standard InChI is InChI=1S/C20H27N2O7P/c1-4-29-30(28,11-14(20(26)27)9-13(2)3)12-21-17(23)10-22-18(24)15-7-5-6-8-16(15)19(22)25/h5-8,13-14H,4,9-12H2,1-3H3,(H,21,23)(H,26,27). The van der Waals surface area contributed by atoms with Gasteiger partial charge in [-0.1, -0.05) is 26.0 Å². The SMILES string of the molecule is CCOP(=O)(CNC(=O)CN1C(=O)c2ccccc2C1=O)CC(CC(C)C)C(=O)O. The van der Waals surface area contributed by atoms with E-state index in [0.717, 1.165) is 4.90 Å². The maximum Gasteiger partial charge on any atom is 0.307 e. The summed E-state index contributed by atoms with van der Waals surface area (Å²) in [6.07, 6.45) is -0.248. The molecule has 2 rings (SSSR count). The molecule has 1 aliphatic rings. The van der Waals surface area contributed by atoms with E-state index in [0.29, 0.717) is 6.42 Å². The summed E-state index contributed by atoms with van der Waals surface area (Å²) in [5, 5.41) is 11.9. The van der Waals surface area contributed by atoms with Crippen LogP contribution in [0.2, 0.25) is 0 Å². The van der Waals surface area contributed by atoms with Crippen LogP contribution in [0.25, 0.3) is 0 Å². The van der Waals surface area contributed by atoms with Crippen LogP contribution in [0, 0.1) is 11.8 Å². The molecule has 30 heavy (non-hydrogen) atoms. The molecule has 0 saturated carbocycles. The molecule has 2 N–H and O–H groups in total. The van der Waals surface area contributed by atoms with Crippen LogP contribution in [0.3, 0.4) is 0 Å². The quantitative estimate of drug-likeness (QED) is 0.401. The minimum absolute atomic E-state index is 0.0876. The number of carbonyl (C=O) groups excluding carboxylic acids is 3. The number of nitrogens with one attached hydrogen (secondary N) is 1. The Bertz CT molecular complexity index is 849. The molecule has 10 heteroatoms. The van der Waals surface area contributed by atoms with Crippen molar-refractivity contribution >= 4 is 31.1 Å². The van der Waals surface area contributed by atoms with Crippen LogP contribution in [0.4, 0.5) is 0 Å². The Kier molecular flexibility index (Phi) is 7.92. The minimum atomic E-state index is -3.47. The fourth-order valence-electron chi connectivity index (χ4n) is 3.35. The lowest BCUT2D eigenvalue weighted by atomic mass is 9.99. The highest BCUT2D eigenvalue weighted by atomic mass is 31.2. The first-order chi connectivity index (χ1) is 14.1. The zero-order valence-electron chi connectivity index (χ0n) is 17.3. The van der Waals surface area contributed by atoms with Gasteiger partial charge in [0.2, 0.25) is 13.3 Å². The predicted octanol–water partition coefficient (Wildman–Crippen LogP) is 2.42. The third-order valence-corrected chi connectivity index (χ3v) is 7.03. The molecular weight excluding hydrogens is 411 g/mol. The van der Waals surface area contributed by atoms with Crippen molar-refractivity contribution in [1.82, 2.24) is 10.2 Å². The third-order valence-electron chi connectivity index (χ3n) is 4.67. The number of carbonyl (C=O) groups is 4. The van der Waals surface area contributed by atoms with Crippen LogP contribution in [0.1, 0.15) is 47.9 Å². The Balaban J connectivity index is 2.01. The van der Waals surface area contributed by atoms with Crippen LogP contribution in [0.15, 0.2) is 24.3 Å². The van der Waals surface area contributed by atoms with Gasteiger partial charge in [0.15, 0.2) is 0 Å². The second kappa shape index (κ2) is 10.00. The van der Waals surface area contributed by atoms with Gasteiger partial charge in [-0.05, 0) is 31.4 Å². The summed E-state index contributed by atoms with van der Waals surface area (Å²) < 4.78 is 18.4. The van der Waals surface area contributed by atoms with E-state index in [9.17, 15) is 28.8 Å². The molecule has 0 bridgehead atoms. The van der Waals surface area contributed by atoms with Crippen molar-refractivity contribution in [2.75, 3.05) is 25.6 Å². The Labute approximate surface area is 175 Å². The van der Waals surface area contributed by atoms with E-state index in [2.05, 4.69) is 5.32 Å². The van der Waals surface area contributed by atoms with Gasteiger partial charge in [-0.2, -0.15) is 0 Å². The molecule has 0 spiro atoms. The fourth-order valence-corrected chi connectivity index (χ4v) is 5.54. The van der Waals surface area contributed by atoms with E-state index < -0.39 is 43.5 Å². The molecule has 2 unspecified atom stereocenters. The van der Waals surface area contributed by atoms with Crippen molar-refractivity contribution in [2.45, 2.75) is 27.2 Å². The average Bonchev–Trinajstić information content (AvgIpc) is 2.91. The van der Waals surface area contributed by atoms with Gasteiger partial charge in [-0.15, -0.1) is 0 Å². The van der Waals surface area contributed by atoms with Gasteiger partial charge in [0.05, 0.1) is 29.9 Å². The summed E-state index contributed by atoms with van der Waals surface area (Å²) in [5.41, 5.74) is 0.460. The monoisotopic (exact) mass is 438 g/mol. The number of fused-ring (bicyclic) bond motifs is 1. The van der Waals surface area contributed by atoms with Crippen LogP contribution in [-0.4, -0.2) is 59.3 Å². The molecule has 0 aliphatic carbocycles. The number of nitrogens with zero attached hydrogens (tertiary/aromatic N) is 1. The number of benzene rings is 1. The Morgan fingerprint density at radius 2 is 1.73 bits per heavy atom. The smallest absolute Gasteiger partial charge is 0.307 e. The molecule has 1 heterocycles. The molecular formula is C20H27N2O7P. The summed E-state index contributed by atoms with van der Waals surface area (Å²) in [5.74, 6) is -3.66. The number of carboxylic acids is 1. The summed E-state index contributed by atoms with van der Waals surface area (Å²) in [4.78, 5) is 49.4. The molecule has 2 atom stereocenters. The van der Waals surface area contributed by atoms with Gasteiger partial charge in [0.1, 0.15) is 6.54 Å². The second-order valence-electron chi connectivity index (χ2n) is 7.58. The van der Waals surface area contributed by atoms with Gasteiger partial charge in [0.25, 0.3) is 11.8 Å². The Hall–Kier alpha value is -2.51. The first kappa shape index (κ1) is 23.8. The lowest BCUT2D eigenvalue weighted by molar-refractivity contribution is -0.141. The number of amides is 3. The van der Waals surface area contributed by atoms with E-state index in [1.54, 1.807) is 19.1 Å². The number of imide groups is 1. The van der Waals surface area contributed by atoms with Gasteiger partial charge < -0.3 is 14.9 Å². The number of carboxylic acid groups (broad SMARTS) is 1. The van der Waals surface area contributed by atoms with Crippen molar-refractivity contribution < 1.29 is 33.4 Å². The maximum absolute atomic E-state index is 13.1. The first-order valence-electron chi connectivity index (χ1n) is 9.75. The summed E-state index contributed by atoms with van der Waals surface area (Å²) in [7, 11) is -3.47. The molecule has 0 radical (unpaired) electrons. The van der Waals surface area contributed by atoms with E-state index in [1.165, 1.54) is 12.1 Å². The van der Waals surface area contributed by atoms with Crippen LogP contribution >= 0.6 is 7.37 Å². The minimum Gasteiger partial charge on any atom is -0.481 e. The third kappa shape index (κ3) is 5.77. The largest absolute Gasteiger partial charge is 0.481 e. The lowest BCUT2D eigenvalue weighted by Gasteiger charge is -2.23. The number of hydrogen-bond donors (Lipinski definition) is 2. The molecule has 0 aromatic heterocycles. The highest BCUT2D eigenvalue weighted by molar-refractivity contribution is 7.59. The van der Waals surface area contributed by atoms with Gasteiger partial charge >= 0.3 is 5.97 Å². The molecule has 1 aromatic rings. The van der Waals surface area contributed by atoms with E-state index in [4.69, 9.17) is 4.52 Å². The highest BCUT2D eigenvalue weighted by Crippen LogP contribution is 2.48. The zero-order valence-corrected chi connectivity index (χ0v) is 18.2. The van der Waals surface area contributed by atoms with Crippen molar-refractivity contribution in [2.24, 2.45) is 11.8 Å². The van der Waals surface area contributed by atoms with Gasteiger partial charge in [0, 0.05) is 6.16 Å². The summed E-state index contributed by atoms with van der Waals surface area (Å²) >= 11 is 0. The van der Waals surface area contributed by atoms with E-state index >= 15 is 0 Å². The van der Waals surface area contributed by atoms with E-state index in [1.807, 2.05) is 13.8 Å². The summed E-state index contributed by atoms with van der Waals surface area (Å²) in [6.45, 7) is 4.94. The van der Waals surface area contributed by atoms with Crippen LogP contribution < -0.4 is 5.32 Å².